The summed E-state index contributed by atoms with van der Waals surface area (Å²) < 4.78 is 29.8. The molecule has 0 aliphatic carbocycles. The van der Waals surface area contributed by atoms with Crippen LogP contribution in [0.15, 0.2) is 54.6 Å². The van der Waals surface area contributed by atoms with Gasteiger partial charge in [0, 0.05) is 12.1 Å². The lowest BCUT2D eigenvalue weighted by molar-refractivity contribution is -0.122. The molecule has 0 saturated carbocycles. The second-order valence-electron chi connectivity index (χ2n) is 6.10. The molecule has 0 spiro atoms. The third-order valence-corrected chi connectivity index (χ3v) is 3.96. The first-order chi connectivity index (χ1) is 12.5. The smallest absolute Gasteiger partial charge is 0.387 e. The first-order valence-corrected chi connectivity index (χ1v) is 8.55. The van der Waals surface area contributed by atoms with Gasteiger partial charge < -0.3 is 10.1 Å². The van der Waals surface area contributed by atoms with E-state index in [4.69, 9.17) is 0 Å². The lowest BCUT2D eigenvalue weighted by atomic mass is 10.0. The van der Waals surface area contributed by atoms with E-state index < -0.39 is 6.61 Å². The Labute approximate surface area is 152 Å². The fraction of sp³-hybridized carbons (Fsp3) is 0.350. The number of amides is 1. The van der Waals surface area contributed by atoms with Crippen LogP contribution in [0.5, 0.6) is 5.75 Å². The van der Waals surface area contributed by atoms with Gasteiger partial charge in [0.15, 0.2) is 0 Å². The van der Waals surface area contributed by atoms with Gasteiger partial charge in [-0.2, -0.15) is 8.78 Å². The molecule has 140 valence electrons. The van der Waals surface area contributed by atoms with E-state index in [0.717, 1.165) is 5.56 Å². The summed E-state index contributed by atoms with van der Waals surface area (Å²) in [6, 6.07) is 16.0. The van der Waals surface area contributed by atoms with E-state index in [2.05, 4.69) is 10.1 Å². The zero-order valence-electron chi connectivity index (χ0n) is 15.0. The average Bonchev–Trinajstić information content (AvgIpc) is 2.60. The molecule has 2 aromatic carbocycles. The Kier molecular flexibility index (Phi) is 7.53. The number of carbonyl (C=O) groups excluding carboxylic acids is 1. The number of halogens is 2. The molecule has 0 bridgehead atoms. The summed E-state index contributed by atoms with van der Waals surface area (Å²) in [5.74, 6) is -0.0746. The maximum atomic E-state index is 12.6. The van der Waals surface area contributed by atoms with Crippen molar-refractivity contribution in [1.29, 1.82) is 0 Å². The fourth-order valence-corrected chi connectivity index (χ4v) is 2.81. The molecule has 1 amide bonds. The van der Waals surface area contributed by atoms with Crippen molar-refractivity contribution in [1.82, 2.24) is 10.2 Å². The van der Waals surface area contributed by atoms with Crippen LogP contribution in [0, 0.1) is 0 Å². The van der Waals surface area contributed by atoms with E-state index in [9.17, 15) is 13.6 Å². The van der Waals surface area contributed by atoms with Crippen LogP contribution < -0.4 is 10.1 Å². The first kappa shape index (κ1) is 19.8. The number of nitrogens with zero attached hydrogens (tertiary/aromatic N) is 1. The zero-order valence-corrected chi connectivity index (χ0v) is 15.0. The van der Waals surface area contributed by atoms with E-state index in [0.29, 0.717) is 18.5 Å². The Morgan fingerprint density at radius 1 is 1.12 bits per heavy atom. The van der Waals surface area contributed by atoms with E-state index in [1.165, 1.54) is 6.07 Å². The molecular formula is C20H24F2N2O2. The van der Waals surface area contributed by atoms with Crippen LogP contribution in [0.3, 0.4) is 0 Å². The van der Waals surface area contributed by atoms with Crippen molar-refractivity contribution in [3.8, 4) is 5.75 Å². The molecule has 1 atom stereocenters. The Balaban J connectivity index is 1.98. The van der Waals surface area contributed by atoms with Crippen LogP contribution in [0.1, 0.15) is 30.5 Å². The highest BCUT2D eigenvalue weighted by Crippen LogP contribution is 2.28. The van der Waals surface area contributed by atoms with Crippen LogP contribution in [0.25, 0.3) is 0 Å². The number of benzene rings is 2. The topological polar surface area (TPSA) is 41.6 Å². The van der Waals surface area contributed by atoms with Crippen LogP contribution in [-0.4, -0.2) is 31.0 Å². The molecular weight excluding hydrogens is 338 g/mol. The van der Waals surface area contributed by atoms with Crippen molar-refractivity contribution < 1.29 is 18.3 Å². The maximum Gasteiger partial charge on any atom is 0.387 e. The van der Waals surface area contributed by atoms with E-state index >= 15 is 0 Å². The van der Waals surface area contributed by atoms with Gasteiger partial charge in [0.05, 0.1) is 12.6 Å². The maximum absolute atomic E-state index is 12.6. The average molecular weight is 362 g/mol. The van der Waals surface area contributed by atoms with E-state index in [1.807, 2.05) is 49.2 Å². The Bertz CT molecular complexity index is 695. The molecule has 0 aliphatic heterocycles. The molecule has 0 radical (unpaired) electrons. The SMILES string of the molecule is CCC(NC(=O)CN(C)Cc1ccccc1)c1ccccc1OC(F)F. The van der Waals surface area contributed by atoms with Crippen molar-refractivity contribution >= 4 is 5.91 Å². The minimum absolute atomic E-state index is 0.0901. The van der Waals surface area contributed by atoms with Gasteiger partial charge in [-0.25, -0.2) is 0 Å². The summed E-state index contributed by atoms with van der Waals surface area (Å²) in [6.07, 6.45) is 0.567. The number of alkyl halides is 2. The van der Waals surface area contributed by atoms with E-state index in [-0.39, 0.29) is 24.2 Å². The summed E-state index contributed by atoms with van der Waals surface area (Å²) in [4.78, 5) is 14.3. The molecule has 0 heterocycles. The number of hydrogen-bond acceptors (Lipinski definition) is 3. The van der Waals surface area contributed by atoms with Gasteiger partial charge >= 0.3 is 6.61 Å². The highest BCUT2D eigenvalue weighted by atomic mass is 19.3. The minimum Gasteiger partial charge on any atom is -0.434 e. The van der Waals surface area contributed by atoms with Crippen LogP contribution in [0.2, 0.25) is 0 Å². The lowest BCUT2D eigenvalue weighted by Gasteiger charge is -2.22. The van der Waals surface area contributed by atoms with Gasteiger partial charge in [0.1, 0.15) is 5.75 Å². The van der Waals surface area contributed by atoms with Crippen LogP contribution in [0.4, 0.5) is 8.78 Å². The summed E-state index contributed by atoms with van der Waals surface area (Å²) >= 11 is 0. The molecule has 0 aromatic heterocycles. The third-order valence-electron chi connectivity index (χ3n) is 3.96. The zero-order chi connectivity index (χ0) is 18.9. The standard InChI is InChI=1S/C20H24F2N2O2/c1-3-17(16-11-7-8-12-18(16)26-20(21)22)23-19(25)14-24(2)13-15-9-5-4-6-10-15/h4-12,17,20H,3,13-14H2,1-2H3,(H,23,25). The molecule has 4 nitrogen and oxygen atoms in total. The molecule has 1 unspecified atom stereocenters. The van der Waals surface area contributed by atoms with Gasteiger partial charge in [0.25, 0.3) is 0 Å². The lowest BCUT2D eigenvalue weighted by Crippen LogP contribution is -2.37. The number of ether oxygens (including phenoxy) is 1. The molecule has 26 heavy (non-hydrogen) atoms. The molecule has 0 saturated heterocycles. The Hall–Kier alpha value is -2.47. The number of likely N-dealkylation sites (N-methyl/N-ethyl adjacent to an activating group) is 1. The highest BCUT2D eigenvalue weighted by molar-refractivity contribution is 5.78. The number of hydrogen-bond donors (Lipinski definition) is 1. The summed E-state index contributed by atoms with van der Waals surface area (Å²) in [5, 5.41) is 2.91. The summed E-state index contributed by atoms with van der Waals surface area (Å²) in [7, 11) is 1.86. The quantitative estimate of drug-likeness (QED) is 0.733. The second-order valence-corrected chi connectivity index (χ2v) is 6.10. The molecule has 2 aromatic rings. The summed E-state index contributed by atoms with van der Waals surface area (Å²) in [5.41, 5.74) is 1.67. The third kappa shape index (κ3) is 6.11. The van der Waals surface area contributed by atoms with Crippen LogP contribution >= 0.6 is 0 Å². The monoisotopic (exact) mass is 362 g/mol. The number of carbonyl (C=O) groups is 1. The molecule has 6 heteroatoms. The van der Waals surface area contributed by atoms with Crippen molar-refractivity contribution in [2.24, 2.45) is 0 Å². The fourth-order valence-electron chi connectivity index (χ4n) is 2.81. The van der Waals surface area contributed by atoms with E-state index in [1.54, 1.807) is 18.2 Å². The van der Waals surface area contributed by atoms with Gasteiger partial charge in [-0.05, 0) is 25.1 Å². The van der Waals surface area contributed by atoms with Crippen molar-refractivity contribution in [3.63, 3.8) is 0 Å². The molecule has 0 aliphatic rings. The van der Waals surface area contributed by atoms with Crippen LogP contribution in [-0.2, 0) is 11.3 Å². The van der Waals surface area contributed by atoms with Crippen molar-refractivity contribution in [2.45, 2.75) is 32.5 Å². The molecule has 1 N–H and O–H groups in total. The van der Waals surface area contributed by atoms with Gasteiger partial charge in [0.2, 0.25) is 5.91 Å². The number of nitrogens with one attached hydrogen (secondary N) is 1. The van der Waals surface area contributed by atoms with Crippen molar-refractivity contribution in [2.75, 3.05) is 13.6 Å². The van der Waals surface area contributed by atoms with Gasteiger partial charge in [-0.1, -0.05) is 55.5 Å². The normalized spacial score (nSPS) is 12.2. The number of para-hydroxylation sites is 1. The molecule has 0 fully saturated rings. The highest BCUT2D eigenvalue weighted by Gasteiger charge is 2.19. The predicted octanol–water partition coefficient (Wildman–Crippen LogP) is 3.99. The van der Waals surface area contributed by atoms with Gasteiger partial charge in [-0.3, -0.25) is 9.69 Å². The Morgan fingerprint density at radius 3 is 2.42 bits per heavy atom. The first-order valence-electron chi connectivity index (χ1n) is 8.55. The van der Waals surface area contributed by atoms with Crippen molar-refractivity contribution in [3.05, 3.63) is 65.7 Å². The van der Waals surface area contributed by atoms with Gasteiger partial charge in [-0.15, -0.1) is 0 Å². The minimum atomic E-state index is -2.90. The Morgan fingerprint density at radius 2 is 1.77 bits per heavy atom. The second kappa shape index (κ2) is 9.87. The number of rotatable bonds is 9. The predicted molar refractivity (Wildman–Crippen MR) is 97.0 cm³/mol. The summed E-state index contributed by atoms with van der Waals surface area (Å²) in [6.45, 7) is -0.154. The molecule has 2 rings (SSSR count). The largest absolute Gasteiger partial charge is 0.434 e.